The Morgan fingerprint density at radius 1 is 0.976 bits per heavy atom. The van der Waals surface area contributed by atoms with Crippen LogP contribution in [-0.2, 0) is 16.6 Å². The zero-order valence-corrected chi connectivity index (χ0v) is 24.3. The maximum atomic E-state index is 14.2. The van der Waals surface area contributed by atoms with Gasteiger partial charge in [-0.2, -0.15) is 0 Å². The number of fused-ring (bicyclic) bond motifs is 2. The first-order valence-electron chi connectivity index (χ1n) is 14.5. The highest BCUT2D eigenvalue weighted by Crippen LogP contribution is 2.45. The van der Waals surface area contributed by atoms with Gasteiger partial charge in [-0.1, -0.05) is 50.2 Å². The Balaban J connectivity index is 1.38. The van der Waals surface area contributed by atoms with E-state index in [4.69, 9.17) is 4.74 Å². The Labute approximate surface area is 241 Å². The zero-order valence-electron chi connectivity index (χ0n) is 24.3. The van der Waals surface area contributed by atoms with Crippen LogP contribution in [0.15, 0.2) is 72.8 Å². The molecule has 3 aromatic carbocycles. The molecule has 0 spiro atoms. The summed E-state index contributed by atoms with van der Waals surface area (Å²) in [5.74, 6) is -0.0523. The number of benzene rings is 3. The number of ether oxygens (including phenoxy) is 1. The van der Waals surface area contributed by atoms with Crippen LogP contribution in [0.4, 0.5) is 11.4 Å². The Morgan fingerprint density at radius 2 is 1.66 bits per heavy atom. The minimum absolute atomic E-state index is 0.0959. The first-order chi connectivity index (χ1) is 19.8. The predicted molar refractivity (Wildman–Crippen MR) is 163 cm³/mol. The number of rotatable bonds is 7. The van der Waals surface area contributed by atoms with Gasteiger partial charge in [0.2, 0.25) is 5.91 Å². The lowest BCUT2D eigenvalue weighted by molar-refractivity contribution is -0.121. The van der Waals surface area contributed by atoms with Crippen molar-refractivity contribution in [2.45, 2.75) is 39.3 Å². The summed E-state index contributed by atoms with van der Waals surface area (Å²) in [6, 6.07) is 23.1. The first kappa shape index (κ1) is 27.1. The minimum Gasteiger partial charge on any atom is -0.378 e. The average molecular weight is 551 g/mol. The number of anilines is 2. The molecule has 1 N–H and O–H groups in total. The molecule has 41 heavy (non-hydrogen) atoms. The lowest BCUT2D eigenvalue weighted by Gasteiger charge is -2.34. The standard InChI is InChI=1S/C34H38N4O3/c1-22(2)21-30(33(39)35-24-13-15-25(16-14-24)37-17-19-41-20-18-37)38-32(26-9-5-6-10-27(26)34(38)40)31-23(3)36(4)29-12-8-7-11-28(29)31/h5-16,22,30,32H,17-21H2,1-4H3,(H,35,39). The molecule has 1 saturated heterocycles. The maximum absolute atomic E-state index is 14.2. The van der Waals surface area contributed by atoms with Crippen molar-refractivity contribution >= 4 is 34.1 Å². The van der Waals surface area contributed by atoms with Crippen molar-refractivity contribution in [1.29, 1.82) is 0 Å². The highest BCUT2D eigenvalue weighted by molar-refractivity contribution is 6.05. The van der Waals surface area contributed by atoms with Gasteiger partial charge in [-0.05, 0) is 61.2 Å². The van der Waals surface area contributed by atoms with Crippen molar-refractivity contribution in [2.24, 2.45) is 13.0 Å². The fourth-order valence-corrected chi connectivity index (χ4v) is 6.44. The molecule has 4 aromatic rings. The van der Waals surface area contributed by atoms with Crippen LogP contribution in [0.5, 0.6) is 0 Å². The zero-order chi connectivity index (χ0) is 28.7. The molecule has 212 valence electrons. The van der Waals surface area contributed by atoms with E-state index in [0.717, 1.165) is 65.4 Å². The summed E-state index contributed by atoms with van der Waals surface area (Å²) < 4.78 is 7.66. The van der Waals surface area contributed by atoms with Gasteiger partial charge >= 0.3 is 0 Å². The Morgan fingerprint density at radius 3 is 2.39 bits per heavy atom. The summed E-state index contributed by atoms with van der Waals surface area (Å²) in [4.78, 5) is 32.4. The maximum Gasteiger partial charge on any atom is 0.255 e. The largest absolute Gasteiger partial charge is 0.378 e. The highest BCUT2D eigenvalue weighted by Gasteiger charge is 2.45. The van der Waals surface area contributed by atoms with Crippen LogP contribution < -0.4 is 10.2 Å². The number of aryl methyl sites for hydroxylation is 1. The van der Waals surface area contributed by atoms with Crippen LogP contribution in [0.25, 0.3) is 10.9 Å². The molecule has 2 atom stereocenters. The van der Waals surface area contributed by atoms with Gasteiger partial charge in [-0.15, -0.1) is 0 Å². The van der Waals surface area contributed by atoms with Crippen molar-refractivity contribution in [3.8, 4) is 0 Å². The number of hydrogen-bond donors (Lipinski definition) is 1. The fraction of sp³-hybridized carbons (Fsp3) is 0.353. The molecule has 7 heteroatoms. The number of nitrogens with zero attached hydrogens (tertiary/aromatic N) is 3. The molecule has 0 aliphatic carbocycles. The molecular weight excluding hydrogens is 512 g/mol. The number of morpholine rings is 1. The molecule has 1 aromatic heterocycles. The first-order valence-corrected chi connectivity index (χ1v) is 14.5. The van der Waals surface area contributed by atoms with Crippen LogP contribution in [0.3, 0.4) is 0 Å². The van der Waals surface area contributed by atoms with Gasteiger partial charge in [-0.25, -0.2) is 0 Å². The third-order valence-electron chi connectivity index (χ3n) is 8.56. The molecule has 6 rings (SSSR count). The van der Waals surface area contributed by atoms with E-state index in [1.54, 1.807) is 0 Å². The topological polar surface area (TPSA) is 66.8 Å². The molecule has 3 heterocycles. The molecule has 1 fully saturated rings. The number of hydrogen-bond acceptors (Lipinski definition) is 4. The monoisotopic (exact) mass is 550 g/mol. The number of amides is 2. The van der Waals surface area contributed by atoms with Crippen molar-refractivity contribution < 1.29 is 14.3 Å². The Bertz CT molecular complexity index is 1580. The summed E-state index contributed by atoms with van der Waals surface area (Å²) in [6.45, 7) is 9.46. The van der Waals surface area contributed by atoms with E-state index in [9.17, 15) is 9.59 Å². The second kappa shape index (κ2) is 11.1. The second-order valence-electron chi connectivity index (χ2n) is 11.6. The normalized spacial score (nSPS) is 17.8. The minimum atomic E-state index is -0.641. The van der Waals surface area contributed by atoms with Crippen molar-refractivity contribution in [3.05, 3.63) is 95.2 Å². The number of aromatic nitrogens is 1. The number of nitrogens with one attached hydrogen (secondary N) is 1. The van der Waals surface area contributed by atoms with Gasteiger partial charge in [0.15, 0.2) is 0 Å². The number of para-hydroxylation sites is 1. The van der Waals surface area contributed by atoms with Crippen LogP contribution in [-0.4, -0.2) is 53.6 Å². The molecular formula is C34H38N4O3. The summed E-state index contributed by atoms with van der Waals surface area (Å²) >= 11 is 0. The summed E-state index contributed by atoms with van der Waals surface area (Å²) in [5, 5.41) is 4.26. The molecule has 0 saturated carbocycles. The molecule has 2 unspecified atom stereocenters. The average Bonchev–Trinajstić information content (AvgIpc) is 3.41. The lowest BCUT2D eigenvalue weighted by atomic mass is 9.93. The van der Waals surface area contributed by atoms with Gasteiger partial charge in [0, 0.05) is 59.2 Å². The molecule has 2 amide bonds. The van der Waals surface area contributed by atoms with Crippen LogP contribution >= 0.6 is 0 Å². The van der Waals surface area contributed by atoms with Crippen LogP contribution in [0, 0.1) is 12.8 Å². The molecule has 2 aliphatic heterocycles. The third kappa shape index (κ3) is 4.88. The van der Waals surface area contributed by atoms with Crippen molar-refractivity contribution in [3.63, 3.8) is 0 Å². The summed E-state index contributed by atoms with van der Waals surface area (Å²) in [7, 11) is 2.06. The summed E-state index contributed by atoms with van der Waals surface area (Å²) in [6.07, 6.45) is 0.553. The van der Waals surface area contributed by atoms with E-state index in [1.807, 2.05) is 65.6 Å². The quantitative estimate of drug-likeness (QED) is 0.310. The number of carbonyl (C=O) groups excluding carboxylic acids is 2. The van der Waals surface area contributed by atoms with E-state index in [1.165, 1.54) is 0 Å². The molecule has 0 bridgehead atoms. The van der Waals surface area contributed by atoms with Crippen LogP contribution in [0.1, 0.15) is 53.5 Å². The van der Waals surface area contributed by atoms with E-state index >= 15 is 0 Å². The van der Waals surface area contributed by atoms with E-state index in [-0.39, 0.29) is 23.8 Å². The molecule has 0 radical (unpaired) electrons. The highest BCUT2D eigenvalue weighted by atomic mass is 16.5. The SMILES string of the molecule is Cc1c(C2c3ccccc3C(=O)N2C(CC(C)C)C(=O)Nc2ccc(N3CCOCC3)cc2)c2ccccc2n1C. The van der Waals surface area contributed by atoms with Gasteiger partial charge in [0.05, 0.1) is 19.3 Å². The van der Waals surface area contributed by atoms with Crippen molar-refractivity contribution in [1.82, 2.24) is 9.47 Å². The Kier molecular flexibility index (Phi) is 7.30. The molecule has 7 nitrogen and oxygen atoms in total. The molecule has 2 aliphatic rings. The van der Waals surface area contributed by atoms with Crippen molar-refractivity contribution in [2.75, 3.05) is 36.5 Å². The fourth-order valence-electron chi connectivity index (χ4n) is 6.44. The van der Waals surface area contributed by atoms with Crippen LogP contribution in [0.2, 0.25) is 0 Å². The number of carbonyl (C=O) groups is 2. The van der Waals surface area contributed by atoms with E-state index in [0.29, 0.717) is 12.0 Å². The predicted octanol–water partition coefficient (Wildman–Crippen LogP) is 5.92. The lowest BCUT2D eigenvalue weighted by Crippen LogP contribution is -2.47. The van der Waals surface area contributed by atoms with E-state index in [2.05, 4.69) is 54.7 Å². The van der Waals surface area contributed by atoms with E-state index < -0.39 is 6.04 Å². The second-order valence-corrected chi connectivity index (χ2v) is 11.6. The summed E-state index contributed by atoms with van der Waals surface area (Å²) in [5.41, 5.74) is 6.74. The van der Waals surface area contributed by atoms with Gasteiger partial charge in [0.25, 0.3) is 5.91 Å². The Hall–Kier alpha value is -4.10. The van der Waals surface area contributed by atoms with Gasteiger partial charge < -0.3 is 24.4 Å². The third-order valence-corrected chi connectivity index (χ3v) is 8.56. The van der Waals surface area contributed by atoms with Gasteiger partial charge in [-0.3, -0.25) is 9.59 Å². The smallest absolute Gasteiger partial charge is 0.255 e. The van der Waals surface area contributed by atoms with Gasteiger partial charge in [0.1, 0.15) is 6.04 Å².